The molecular weight excluding hydrogens is 375 g/mol. The maximum absolute atomic E-state index is 12.1. The molecule has 5 unspecified atom stereocenters. The Hall–Kier alpha value is 0.0800. The number of carbonyl (C=O) groups excluding carboxylic acids is 1. The van der Waals surface area contributed by atoms with E-state index < -0.39 is 17.7 Å². The molecule has 5 aliphatic rings. The Morgan fingerprint density at radius 2 is 2.00 bits per heavy atom. The van der Waals surface area contributed by atoms with Gasteiger partial charge in [-0.1, -0.05) is 29.5 Å². The molecule has 0 radical (unpaired) electrons. The van der Waals surface area contributed by atoms with Crippen LogP contribution in [0.2, 0.25) is 0 Å². The van der Waals surface area contributed by atoms with Crippen LogP contribution in [0.5, 0.6) is 0 Å². The van der Waals surface area contributed by atoms with E-state index >= 15 is 0 Å². The Kier molecular flexibility index (Phi) is 2.95. The first-order chi connectivity index (χ1) is 9.46. The Morgan fingerprint density at radius 3 is 2.80 bits per heavy atom. The molecule has 1 saturated carbocycles. The zero-order valence-corrected chi connectivity index (χ0v) is 13.8. The van der Waals surface area contributed by atoms with Gasteiger partial charge in [-0.05, 0) is 26.2 Å². The third-order valence-electron chi connectivity index (χ3n) is 5.54. The SMILES string of the molecule is C[C@H]1C(=O)OC2OC3(C)CC[C@H]4C(I)CCC1C24OO3. The number of alkyl halides is 1. The highest BCUT2D eigenvalue weighted by Gasteiger charge is 2.70. The average molecular weight is 394 g/mol. The second kappa shape index (κ2) is 4.30. The van der Waals surface area contributed by atoms with Crippen molar-refractivity contribution in [2.75, 3.05) is 0 Å². The van der Waals surface area contributed by atoms with E-state index in [9.17, 15) is 4.79 Å². The van der Waals surface area contributed by atoms with Crippen LogP contribution in [-0.4, -0.2) is 27.6 Å². The number of halogens is 1. The van der Waals surface area contributed by atoms with Crippen LogP contribution >= 0.6 is 22.6 Å². The molecule has 6 heteroatoms. The van der Waals surface area contributed by atoms with Gasteiger partial charge in [0, 0.05) is 22.2 Å². The molecule has 4 heterocycles. The topological polar surface area (TPSA) is 54.0 Å². The number of fused-ring (bicyclic) bond motifs is 2. The third kappa shape index (κ3) is 1.62. The minimum Gasteiger partial charge on any atom is -0.432 e. The van der Waals surface area contributed by atoms with Crippen molar-refractivity contribution in [2.45, 2.75) is 61.1 Å². The van der Waals surface area contributed by atoms with Gasteiger partial charge in [-0.3, -0.25) is 4.79 Å². The molecule has 0 aromatic carbocycles. The molecule has 4 aliphatic heterocycles. The summed E-state index contributed by atoms with van der Waals surface area (Å²) in [5.74, 6) is -0.697. The molecule has 1 aliphatic carbocycles. The highest BCUT2D eigenvalue weighted by Crippen LogP contribution is 2.59. The Bertz CT molecular complexity index is 457. The van der Waals surface area contributed by atoms with Gasteiger partial charge in [-0.15, -0.1) is 0 Å². The number of carbonyl (C=O) groups is 1. The van der Waals surface area contributed by atoms with Crippen LogP contribution < -0.4 is 0 Å². The molecular formula is C14H19IO5. The summed E-state index contributed by atoms with van der Waals surface area (Å²) in [5.41, 5.74) is -0.618. The molecule has 0 aromatic rings. The van der Waals surface area contributed by atoms with Gasteiger partial charge in [-0.25, -0.2) is 9.78 Å². The van der Waals surface area contributed by atoms with Gasteiger partial charge in [0.2, 0.25) is 12.1 Å². The van der Waals surface area contributed by atoms with Gasteiger partial charge in [0.05, 0.1) is 5.92 Å². The fourth-order valence-corrected chi connectivity index (χ4v) is 5.67. The molecule has 0 N–H and O–H groups in total. The summed E-state index contributed by atoms with van der Waals surface area (Å²) in [7, 11) is 0. The van der Waals surface area contributed by atoms with Crippen molar-refractivity contribution in [2.24, 2.45) is 17.8 Å². The molecule has 7 atom stereocenters. The zero-order chi connectivity index (χ0) is 14.1. The van der Waals surface area contributed by atoms with Crippen molar-refractivity contribution in [3.05, 3.63) is 0 Å². The molecule has 0 amide bonds. The molecule has 5 rings (SSSR count). The van der Waals surface area contributed by atoms with Crippen molar-refractivity contribution in [1.82, 2.24) is 0 Å². The third-order valence-corrected chi connectivity index (χ3v) is 7.04. The Labute approximate surface area is 131 Å². The zero-order valence-electron chi connectivity index (χ0n) is 11.6. The van der Waals surface area contributed by atoms with Crippen molar-refractivity contribution in [3.8, 4) is 0 Å². The van der Waals surface area contributed by atoms with Crippen molar-refractivity contribution < 1.29 is 24.0 Å². The number of esters is 1. The van der Waals surface area contributed by atoms with E-state index in [1.54, 1.807) is 0 Å². The second-order valence-corrected chi connectivity index (χ2v) is 8.27. The van der Waals surface area contributed by atoms with Crippen LogP contribution in [0.3, 0.4) is 0 Å². The van der Waals surface area contributed by atoms with Crippen molar-refractivity contribution in [3.63, 3.8) is 0 Å². The van der Waals surface area contributed by atoms with Gasteiger partial charge in [0.25, 0.3) is 0 Å². The van der Waals surface area contributed by atoms with Gasteiger partial charge in [0.15, 0.2) is 5.60 Å². The first-order valence-electron chi connectivity index (χ1n) is 7.35. The highest BCUT2D eigenvalue weighted by atomic mass is 127. The lowest BCUT2D eigenvalue weighted by Crippen LogP contribution is -2.70. The predicted molar refractivity (Wildman–Crippen MR) is 76.7 cm³/mol. The van der Waals surface area contributed by atoms with Crippen LogP contribution in [0.25, 0.3) is 0 Å². The van der Waals surface area contributed by atoms with Gasteiger partial charge in [0.1, 0.15) is 0 Å². The molecule has 20 heavy (non-hydrogen) atoms. The van der Waals surface area contributed by atoms with Gasteiger partial charge < -0.3 is 9.47 Å². The molecule has 5 fully saturated rings. The van der Waals surface area contributed by atoms with Gasteiger partial charge >= 0.3 is 5.97 Å². The van der Waals surface area contributed by atoms with E-state index in [1.165, 1.54) is 0 Å². The smallest absolute Gasteiger partial charge is 0.311 e. The minimum absolute atomic E-state index is 0.118. The van der Waals surface area contributed by atoms with Crippen molar-refractivity contribution >= 4 is 28.6 Å². The second-order valence-electron chi connectivity index (χ2n) is 6.67. The molecule has 2 bridgehead atoms. The number of hydrogen-bond acceptors (Lipinski definition) is 5. The summed E-state index contributed by atoms with van der Waals surface area (Å²) in [4.78, 5) is 23.7. The van der Waals surface area contributed by atoms with Crippen LogP contribution in [0, 0.1) is 17.8 Å². The minimum atomic E-state index is -0.797. The fraction of sp³-hybridized carbons (Fsp3) is 0.929. The largest absolute Gasteiger partial charge is 0.432 e. The summed E-state index contributed by atoms with van der Waals surface area (Å²) < 4.78 is 12.1. The summed E-state index contributed by atoms with van der Waals surface area (Å²) in [6, 6.07) is 0. The summed E-state index contributed by atoms with van der Waals surface area (Å²) in [5, 5.41) is 0. The Balaban J connectivity index is 1.84. The van der Waals surface area contributed by atoms with Crippen LogP contribution in [0.1, 0.15) is 39.5 Å². The molecule has 4 saturated heterocycles. The maximum atomic E-state index is 12.1. The predicted octanol–water partition coefficient (Wildman–Crippen LogP) is 2.56. The number of rotatable bonds is 0. The van der Waals surface area contributed by atoms with Crippen molar-refractivity contribution in [1.29, 1.82) is 0 Å². The lowest BCUT2D eigenvalue weighted by Gasteiger charge is -2.57. The molecule has 5 nitrogen and oxygen atoms in total. The summed E-state index contributed by atoms with van der Waals surface area (Å²) >= 11 is 2.51. The lowest BCUT2D eigenvalue weighted by molar-refractivity contribution is -0.557. The summed E-state index contributed by atoms with van der Waals surface area (Å²) in [6.07, 6.45) is 3.21. The summed E-state index contributed by atoms with van der Waals surface area (Å²) in [6.45, 7) is 3.80. The fourth-order valence-electron chi connectivity index (χ4n) is 4.39. The first kappa shape index (κ1) is 13.7. The van der Waals surface area contributed by atoms with Gasteiger partial charge in [-0.2, -0.15) is 0 Å². The van der Waals surface area contributed by atoms with E-state index in [1.807, 2.05) is 13.8 Å². The van der Waals surface area contributed by atoms with Crippen LogP contribution in [-0.2, 0) is 24.0 Å². The van der Waals surface area contributed by atoms with E-state index in [2.05, 4.69) is 22.6 Å². The Morgan fingerprint density at radius 1 is 1.20 bits per heavy atom. The van der Waals surface area contributed by atoms with Crippen LogP contribution in [0.4, 0.5) is 0 Å². The normalized spacial score (nSPS) is 57.8. The molecule has 1 spiro atoms. The monoisotopic (exact) mass is 394 g/mol. The quantitative estimate of drug-likeness (QED) is 0.274. The van der Waals surface area contributed by atoms with E-state index in [0.717, 1.165) is 25.7 Å². The van der Waals surface area contributed by atoms with Crippen LogP contribution in [0.15, 0.2) is 0 Å². The number of hydrogen-bond donors (Lipinski definition) is 0. The van der Waals surface area contributed by atoms with E-state index in [0.29, 0.717) is 9.84 Å². The van der Waals surface area contributed by atoms with E-state index in [4.69, 9.17) is 19.2 Å². The van der Waals surface area contributed by atoms with E-state index in [-0.39, 0.29) is 17.8 Å². The standard InChI is InChI=1S/C14H19IO5/c1-7-8-3-4-10(15)9-5-6-13(2)18-12(17-11(7)16)14(8,9)20-19-13/h7-10,12H,3-6H2,1-2H3/t7-,8?,9+,10?,12?,13?,14?/m1/s1. The molecule has 0 aromatic heterocycles. The molecule has 112 valence electrons. The average Bonchev–Trinajstić information content (AvgIpc) is 2.63. The lowest BCUT2D eigenvalue weighted by atomic mass is 9.61. The highest BCUT2D eigenvalue weighted by molar-refractivity contribution is 14.1. The number of ether oxygens (including phenoxy) is 2. The maximum Gasteiger partial charge on any atom is 0.311 e. The first-order valence-corrected chi connectivity index (χ1v) is 8.60.